The van der Waals surface area contributed by atoms with Crippen molar-refractivity contribution in [2.24, 2.45) is 0 Å². The summed E-state index contributed by atoms with van der Waals surface area (Å²) >= 11 is 0. The number of aromatic nitrogens is 6. The number of hydrogen-bond acceptors (Lipinski definition) is 10. The van der Waals surface area contributed by atoms with Crippen molar-refractivity contribution in [2.75, 3.05) is 39.9 Å². The molecule has 1 atom stereocenters. The molecule has 0 spiro atoms. The lowest BCUT2D eigenvalue weighted by Gasteiger charge is -2.27. The lowest BCUT2D eigenvalue weighted by molar-refractivity contribution is -0.130. The van der Waals surface area contributed by atoms with Crippen LogP contribution in [0.1, 0.15) is 34.8 Å². The number of ether oxygens (including phenoxy) is 2. The molecule has 1 saturated heterocycles. The van der Waals surface area contributed by atoms with E-state index in [4.69, 9.17) is 9.47 Å². The average molecular weight is 478 g/mol. The van der Waals surface area contributed by atoms with E-state index in [9.17, 15) is 10.1 Å². The Labute approximate surface area is 202 Å². The number of amides is 1. The van der Waals surface area contributed by atoms with Gasteiger partial charge in [-0.3, -0.25) is 4.79 Å². The first-order valence-corrected chi connectivity index (χ1v) is 11.3. The van der Waals surface area contributed by atoms with E-state index in [1.807, 2.05) is 24.0 Å². The Morgan fingerprint density at radius 3 is 2.86 bits per heavy atom. The molecule has 1 aliphatic rings. The number of rotatable bonds is 5. The molecule has 1 N–H and O–H groups in total. The van der Waals surface area contributed by atoms with E-state index in [1.165, 1.54) is 11.0 Å². The molecular formula is C23H27N9O3. The summed E-state index contributed by atoms with van der Waals surface area (Å²) in [6.07, 6.45) is 5.36. The summed E-state index contributed by atoms with van der Waals surface area (Å²) in [5, 5.41) is 23.8. The second-order valence-electron chi connectivity index (χ2n) is 8.09. The van der Waals surface area contributed by atoms with E-state index in [1.54, 1.807) is 19.5 Å². The quantitative estimate of drug-likeness (QED) is 0.559. The maximum atomic E-state index is 12.9. The van der Waals surface area contributed by atoms with Gasteiger partial charge in [0.1, 0.15) is 18.1 Å². The highest BCUT2D eigenvalue weighted by atomic mass is 16.5. The lowest BCUT2D eigenvalue weighted by Crippen LogP contribution is -2.41. The second-order valence-corrected chi connectivity index (χ2v) is 8.09. The summed E-state index contributed by atoms with van der Waals surface area (Å²) in [6.45, 7) is 4.78. The van der Waals surface area contributed by atoms with Gasteiger partial charge in [0, 0.05) is 45.2 Å². The number of nitrogens with zero attached hydrogens (tertiary/aromatic N) is 8. The number of methoxy groups -OCH3 is 1. The third-order valence-corrected chi connectivity index (χ3v) is 5.88. The molecule has 0 bridgehead atoms. The summed E-state index contributed by atoms with van der Waals surface area (Å²) in [6, 6.07) is 5.99. The normalized spacial score (nSPS) is 16.9. The highest BCUT2D eigenvalue weighted by Crippen LogP contribution is 2.29. The first kappa shape index (κ1) is 24.2. The Bertz CT molecular complexity index is 1160. The first-order valence-electron chi connectivity index (χ1n) is 11.3. The summed E-state index contributed by atoms with van der Waals surface area (Å²) in [7, 11) is 1.56. The van der Waals surface area contributed by atoms with E-state index in [2.05, 4.69) is 36.9 Å². The van der Waals surface area contributed by atoms with Gasteiger partial charge in [0.05, 0.1) is 25.2 Å². The maximum Gasteiger partial charge on any atom is 0.253 e. The number of carbonyl (C=O) groups is 1. The number of nitrogens with one attached hydrogen (secondary N) is 1. The van der Waals surface area contributed by atoms with Gasteiger partial charge in [0.15, 0.2) is 0 Å². The van der Waals surface area contributed by atoms with Gasteiger partial charge in [-0.05, 0) is 46.5 Å². The Morgan fingerprint density at radius 1 is 1.31 bits per heavy atom. The minimum absolute atomic E-state index is 0.00681. The van der Waals surface area contributed by atoms with Gasteiger partial charge in [0.25, 0.3) is 5.95 Å². The number of nitriles is 1. The van der Waals surface area contributed by atoms with Gasteiger partial charge in [0.2, 0.25) is 5.91 Å². The molecule has 1 amide bonds. The molecule has 2 aromatic heterocycles. The molecule has 1 aliphatic heterocycles. The van der Waals surface area contributed by atoms with Gasteiger partial charge in [-0.2, -0.15) is 9.94 Å². The lowest BCUT2D eigenvalue weighted by atomic mass is 9.97. The summed E-state index contributed by atoms with van der Waals surface area (Å²) in [4.78, 5) is 23.2. The van der Waals surface area contributed by atoms with Crippen LogP contribution in [0.3, 0.4) is 0 Å². The highest BCUT2D eigenvalue weighted by Gasteiger charge is 2.21. The predicted octanol–water partition coefficient (Wildman–Crippen LogP) is 0.763. The van der Waals surface area contributed by atoms with Crippen LogP contribution in [0.25, 0.3) is 5.95 Å². The Balaban J connectivity index is 1.34. The fourth-order valence-corrected chi connectivity index (χ4v) is 4.01. The van der Waals surface area contributed by atoms with Crippen molar-refractivity contribution in [3.8, 4) is 17.8 Å². The third kappa shape index (κ3) is 5.76. The van der Waals surface area contributed by atoms with Gasteiger partial charge in [-0.25, -0.2) is 9.97 Å². The minimum Gasteiger partial charge on any atom is -0.495 e. The smallest absolute Gasteiger partial charge is 0.253 e. The van der Waals surface area contributed by atoms with Crippen molar-refractivity contribution in [3.05, 3.63) is 53.1 Å². The van der Waals surface area contributed by atoms with Crippen LogP contribution in [0, 0.1) is 18.3 Å². The van der Waals surface area contributed by atoms with Gasteiger partial charge in [-0.1, -0.05) is 6.07 Å². The standard InChI is InChI=1S/C23H27N9O3/c1-16-18(4-5-20(34-2)19(16)11-24)21-14-25-6-8-31(7-3-9-35-21)22(33)10-17-12-26-23(27-13-17)32-15-28-29-30-32/h4-5,12-13,15,21,25H,3,6-10,14H2,1-2H3/t21-/m0/s1. The molecule has 0 saturated carbocycles. The molecule has 0 unspecified atom stereocenters. The molecule has 0 aliphatic carbocycles. The minimum atomic E-state index is -0.189. The molecule has 3 heterocycles. The molecule has 182 valence electrons. The van der Waals surface area contributed by atoms with Crippen molar-refractivity contribution in [3.63, 3.8) is 0 Å². The van der Waals surface area contributed by atoms with Crippen molar-refractivity contribution in [1.29, 1.82) is 5.26 Å². The third-order valence-electron chi connectivity index (χ3n) is 5.88. The van der Waals surface area contributed by atoms with E-state index in [0.717, 1.165) is 16.7 Å². The monoisotopic (exact) mass is 477 g/mol. The largest absolute Gasteiger partial charge is 0.495 e. The predicted molar refractivity (Wildman–Crippen MR) is 124 cm³/mol. The van der Waals surface area contributed by atoms with Crippen LogP contribution in [0.5, 0.6) is 5.75 Å². The molecule has 12 heteroatoms. The molecule has 12 nitrogen and oxygen atoms in total. The summed E-state index contributed by atoms with van der Waals surface area (Å²) in [5.41, 5.74) is 3.07. The first-order chi connectivity index (χ1) is 17.1. The zero-order valence-electron chi connectivity index (χ0n) is 19.7. The summed E-state index contributed by atoms with van der Waals surface area (Å²) in [5.74, 6) is 0.911. The van der Waals surface area contributed by atoms with Crippen LogP contribution < -0.4 is 10.1 Å². The van der Waals surface area contributed by atoms with E-state index >= 15 is 0 Å². The number of tetrazole rings is 1. The fourth-order valence-electron chi connectivity index (χ4n) is 4.01. The van der Waals surface area contributed by atoms with Crippen LogP contribution >= 0.6 is 0 Å². The Hall–Kier alpha value is -3.95. The fraction of sp³-hybridized carbons (Fsp3) is 0.435. The van der Waals surface area contributed by atoms with Gasteiger partial charge in [-0.15, -0.1) is 5.10 Å². The van der Waals surface area contributed by atoms with Crippen LogP contribution in [-0.2, 0) is 16.0 Å². The molecular weight excluding hydrogens is 450 g/mol. The molecule has 0 radical (unpaired) electrons. The topological polar surface area (TPSA) is 144 Å². The molecule has 4 rings (SSSR count). The van der Waals surface area contributed by atoms with Crippen LogP contribution in [0.2, 0.25) is 0 Å². The van der Waals surface area contributed by atoms with E-state index in [-0.39, 0.29) is 18.4 Å². The maximum absolute atomic E-state index is 12.9. The van der Waals surface area contributed by atoms with Crippen molar-refractivity contribution in [2.45, 2.75) is 25.9 Å². The Kier molecular flexibility index (Phi) is 7.92. The zero-order valence-corrected chi connectivity index (χ0v) is 19.7. The van der Waals surface area contributed by atoms with E-state index < -0.39 is 0 Å². The van der Waals surface area contributed by atoms with Gasteiger partial charge < -0.3 is 19.7 Å². The molecule has 35 heavy (non-hydrogen) atoms. The molecule has 3 aromatic rings. The second kappa shape index (κ2) is 11.5. The average Bonchev–Trinajstić information content (AvgIpc) is 3.42. The van der Waals surface area contributed by atoms with E-state index in [0.29, 0.717) is 56.5 Å². The van der Waals surface area contributed by atoms with Crippen molar-refractivity contribution >= 4 is 5.91 Å². The Morgan fingerprint density at radius 2 is 2.14 bits per heavy atom. The summed E-state index contributed by atoms with van der Waals surface area (Å²) < 4.78 is 12.8. The molecule has 1 fully saturated rings. The van der Waals surface area contributed by atoms with Gasteiger partial charge >= 0.3 is 0 Å². The van der Waals surface area contributed by atoms with Crippen LogP contribution in [-0.4, -0.2) is 80.9 Å². The number of hydrogen-bond donors (Lipinski definition) is 1. The van der Waals surface area contributed by atoms with Crippen LogP contribution in [0.4, 0.5) is 0 Å². The SMILES string of the molecule is COc1ccc([C@@H]2CNCCN(C(=O)Cc3cnc(-n4cnnn4)nc3)CCCO2)c(C)c1C#N. The molecule has 1 aromatic carbocycles. The zero-order chi connectivity index (χ0) is 24.6. The van der Waals surface area contributed by atoms with Crippen molar-refractivity contribution in [1.82, 2.24) is 40.4 Å². The van der Waals surface area contributed by atoms with Crippen LogP contribution in [0.15, 0.2) is 30.9 Å². The highest BCUT2D eigenvalue weighted by molar-refractivity contribution is 5.78. The number of benzene rings is 1. The van der Waals surface area contributed by atoms with Crippen molar-refractivity contribution < 1.29 is 14.3 Å². The number of carbonyl (C=O) groups excluding carboxylic acids is 1.